The molecule has 8 heteroatoms. The molecule has 1 aromatic carbocycles. The molecule has 0 N–H and O–H groups in total. The lowest BCUT2D eigenvalue weighted by Gasteiger charge is -2.12. The van der Waals surface area contributed by atoms with Crippen LogP contribution in [0.15, 0.2) is 58.3 Å². The molecule has 0 aliphatic carbocycles. The highest BCUT2D eigenvalue weighted by molar-refractivity contribution is 7.22. The number of nitrogens with zero attached hydrogens (tertiary/aromatic N) is 3. The van der Waals surface area contributed by atoms with E-state index in [0.29, 0.717) is 15.0 Å². The molecule has 0 saturated heterocycles. The number of carbonyl (C=O) groups is 1. The maximum atomic E-state index is 12.9. The van der Waals surface area contributed by atoms with Gasteiger partial charge in [-0.3, -0.25) is 4.79 Å². The zero-order valence-corrected chi connectivity index (χ0v) is 15.8. The third-order valence-corrected chi connectivity index (χ3v) is 6.18. The molecule has 0 saturated carbocycles. The Hall–Kier alpha value is -2.06. The summed E-state index contributed by atoms with van der Waals surface area (Å²) in [5.74, 6) is -0.201. The van der Waals surface area contributed by atoms with Crippen LogP contribution in [0.2, 0.25) is 5.02 Å². The molecule has 0 bridgehead atoms. The Morgan fingerprint density at radius 3 is 2.76 bits per heavy atom. The average molecular weight is 404 g/mol. The molecule has 0 spiro atoms. The van der Waals surface area contributed by atoms with Crippen molar-refractivity contribution in [2.75, 3.05) is 5.01 Å². The van der Waals surface area contributed by atoms with Gasteiger partial charge in [0.15, 0.2) is 0 Å². The van der Waals surface area contributed by atoms with E-state index in [1.54, 1.807) is 29.7 Å². The Morgan fingerprint density at radius 1 is 1.16 bits per heavy atom. The highest BCUT2D eigenvalue weighted by Crippen LogP contribution is 2.32. The molecule has 3 heterocycles. The molecule has 0 fully saturated rings. The monoisotopic (exact) mass is 403 g/mol. The zero-order valence-electron chi connectivity index (χ0n) is 12.6. The molecular weight excluding hydrogens is 394 g/mol. The summed E-state index contributed by atoms with van der Waals surface area (Å²) in [4.78, 5) is 19.0. The van der Waals surface area contributed by atoms with E-state index in [9.17, 15) is 4.79 Å². The smallest absolute Gasteiger partial charge is 0.266 e. The maximum absolute atomic E-state index is 12.9. The number of carbonyl (C=O) groups excluding carboxylic acids is 1. The maximum Gasteiger partial charge on any atom is 0.290 e. The van der Waals surface area contributed by atoms with E-state index < -0.39 is 0 Å². The molecular formula is C17H10ClN3OS3. The Bertz CT molecular complexity index is 1040. The molecule has 0 radical (unpaired) electrons. The van der Waals surface area contributed by atoms with Gasteiger partial charge in [-0.2, -0.15) is 10.1 Å². The van der Waals surface area contributed by atoms with E-state index in [1.807, 2.05) is 41.1 Å². The predicted molar refractivity (Wildman–Crippen MR) is 108 cm³/mol. The van der Waals surface area contributed by atoms with Crippen molar-refractivity contribution in [1.29, 1.82) is 0 Å². The van der Waals surface area contributed by atoms with E-state index in [0.717, 1.165) is 15.1 Å². The average Bonchev–Trinajstić information content (AvgIpc) is 3.36. The number of amides is 1. The van der Waals surface area contributed by atoms with Crippen molar-refractivity contribution >= 4 is 73.1 Å². The molecule has 0 atom stereocenters. The standard InChI is InChI=1S/C17H10ClN3OS3/c18-11-5-6-13-15(9-11)25-17(20-13)21(16(22)14-4-2-8-24-14)19-10-12-3-1-7-23-12/h1-10H/b19-10+. The van der Waals surface area contributed by atoms with E-state index >= 15 is 0 Å². The van der Waals surface area contributed by atoms with E-state index in [4.69, 9.17) is 11.6 Å². The first-order valence-corrected chi connectivity index (χ1v) is 10.2. The minimum Gasteiger partial charge on any atom is -0.266 e. The van der Waals surface area contributed by atoms with Crippen LogP contribution in [0.25, 0.3) is 10.2 Å². The lowest BCUT2D eigenvalue weighted by Crippen LogP contribution is -2.24. The number of halogens is 1. The summed E-state index contributed by atoms with van der Waals surface area (Å²) in [6, 6.07) is 13.0. The highest BCUT2D eigenvalue weighted by atomic mass is 35.5. The fourth-order valence-electron chi connectivity index (χ4n) is 2.15. The van der Waals surface area contributed by atoms with E-state index in [2.05, 4.69) is 10.1 Å². The van der Waals surface area contributed by atoms with Crippen LogP contribution < -0.4 is 5.01 Å². The van der Waals surface area contributed by atoms with Crippen LogP contribution in [0.1, 0.15) is 14.5 Å². The fourth-order valence-corrected chi connectivity index (χ4v) is 4.58. The van der Waals surface area contributed by atoms with Crippen LogP contribution in [0.5, 0.6) is 0 Å². The molecule has 0 aliphatic heterocycles. The van der Waals surface area contributed by atoms with Crippen LogP contribution in [0, 0.1) is 0 Å². The Labute approximate surface area is 160 Å². The second-order valence-electron chi connectivity index (χ2n) is 4.96. The molecule has 3 aromatic heterocycles. The summed E-state index contributed by atoms with van der Waals surface area (Å²) >= 11 is 10.4. The van der Waals surface area contributed by atoms with Gasteiger partial charge >= 0.3 is 0 Å². The van der Waals surface area contributed by atoms with Crippen molar-refractivity contribution in [2.24, 2.45) is 5.10 Å². The number of fused-ring (bicyclic) bond motifs is 1. The first kappa shape index (κ1) is 16.4. The molecule has 25 heavy (non-hydrogen) atoms. The lowest BCUT2D eigenvalue weighted by atomic mass is 10.3. The quantitative estimate of drug-likeness (QED) is 0.321. The number of anilines is 1. The molecule has 0 unspecified atom stereocenters. The van der Waals surface area contributed by atoms with Crippen LogP contribution in [-0.2, 0) is 0 Å². The molecule has 4 aromatic rings. The number of hydrogen-bond donors (Lipinski definition) is 0. The predicted octanol–water partition coefficient (Wildman–Crippen LogP) is 5.75. The third kappa shape index (κ3) is 3.50. The third-order valence-electron chi connectivity index (χ3n) is 3.29. The molecule has 0 aliphatic rings. The van der Waals surface area contributed by atoms with Crippen LogP contribution in [-0.4, -0.2) is 17.1 Å². The van der Waals surface area contributed by atoms with Gasteiger partial charge in [-0.1, -0.05) is 35.1 Å². The van der Waals surface area contributed by atoms with Gasteiger partial charge in [-0.15, -0.1) is 22.7 Å². The second kappa shape index (κ2) is 7.05. The highest BCUT2D eigenvalue weighted by Gasteiger charge is 2.21. The van der Waals surface area contributed by atoms with Gasteiger partial charge in [0.05, 0.1) is 21.3 Å². The summed E-state index contributed by atoms with van der Waals surface area (Å²) in [5, 5.41) is 10.7. The van der Waals surface area contributed by atoms with Gasteiger partial charge in [-0.05, 0) is 41.1 Å². The molecule has 4 rings (SSSR count). The van der Waals surface area contributed by atoms with Crippen molar-refractivity contribution in [1.82, 2.24) is 4.98 Å². The first-order chi connectivity index (χ1) is 12.2. The van der Waals surface area contributed by atoms with E-state index in [-0.39, 0.29) is 5.91 Å². The zero-order chi connectivity index (χ0) is 17.2. The van der Waals surface area contributed by atoms with Crippen molar-refractivity contribution in [3.63, 3.8) is 0 Å². The van der Waals surface area contributed by atoms with Gasteiger partial charge in [0.25, 0.3) is 5.91 Å². The number of thiophene rings is 2. The Balaban J connectivity index is 1.76. The minimum absolute atomic E-state index is 0.201. The largest absolute Gasteiger partial charge is 0.290 e. The molecule has 4 nitrogen and oxygen atoms in total. The fraction of sp³-hybridized carbons (Fsp3) is 0. The Morgan fingerprint density at radius 2 is 2.00 bits per heavy atom. The van der Waals surface area contributed by atoms with Crippen LogP contribution in [0.4, 0.5) is 5.13 Å². The van der Waals surface area contributed by atoms with Crippen LogP contribution >= 0.6 is 45.6 Å². The number of hydrogen-bond acceptors (Lipinski definition) is 6. The SMILES string of the molecule is O=C(c1cccs1)N(/N=C/c1cccs1)c1nc2ccc(Cl)cc2s1. The lowest BCUT2D eigenvalue weighted by molar-refractivity contribution is 0.0991. The molecule has 124 valence electrons. The van der Waals surface area contributed by atoms with Crippen molar-refractivity contribution in [3.8, 4) is 0 Å². The summed E-state index contributed by atoms with van der Waals surface area (Å²) < 4.78 is 0.915. The van der Waals surface area contributed by atoms with Gasteiger partial charge in [0.1, 0.15) is 0 Å². The summed E-state index contributed by atoms with van der Waals surface area (Å²) in [7, 11) is 0. The number of benzene rings is 1. The van der Waals surface area contributed by atoms with E-state index in [1.165, 1.54) is 27.7 Å². The summed E-state index contributed by atoms with van der Waals surface area (Å²) in [6.45, 7) is 0. The topological polar surface area (TPSA) is 45.6 Å². The van der Waals surface area contributed by atoms with Gasteiger partial charge in [-0.25, -0.2) is 4.98 Å². The number of thiazole rings is 1. The van der Waals surface area contributed by atoms with Crippen molar-refractivity contribution in [2.45, 2.75) is 0 Å². The van der Waals surface area contributed by atoms with Crippen molar-refractivity contribution in [3.05, 3.63) is 68.0 Å². The number of hydrazone groups is 1. The number of rotatable bonds is 4. The summed E-state index contributed by atoms with van der Waals surface area (Å²) in [5.41, 5.74) is 0.791. The normalized spacial score (nSPS) is 11.4. The molecule has 1 amide bonds. The van der Waals surface area contributed by atoms with Gasteiger partial charge in [0.2, 0.25) is 5.13 Å². The number of aromatic nitrogens is 1. The van der Waals surface area contributed by atoms with Gasteiger partial charge < -0.3 is 0 Å². The van der Waals surface area contributed by atoms with Gasteiger partial charge in [0, 0.05) is 9.90 Å². The van der Waals surface area contributed by atoms with Crippen LogP contribution in [0.3, 0.4) is 0 Å². The van der Waals surface area contributed by atoms with Crippen molar-refractivity contribution < 1.29 is 4.79 Å². The second-order valence-corrected chi connectivity index (χ2v) is 8.34. The minimum atomic E-state index is -0.201. The summed E-state index contributed by atoms with van der Waals surface area (Å²) in [6.07, 6.45) is 1.68. The first-order valence-electron chi connectivity index (χ1n) is 7.22. The Kier molecular flexibility index (Phi) is 4.63.